The summed E-state index contributed by atoms with van der Waals surface area (Å²) in [6.07, 6.45) is 0. The van der Waals surface area contributed by atoms with E-state index < -0.39 is 0 Å². The monoisotopic (exact) mass is 382 g/mol. The Morgan fingerprint density at radius 1 is 0.593 bits per heavy atom. The van der Waals surface area contributed by atoms with Gasteiger partial charge in [0.25, 0.3) is 0 Å². The lowest BCUT2D eigenvalue weighted by molar-refractivity contribution is 0.636. The summed E-state index contributed by atoms with van der Waals surface area (Å²) in [4.78, 5) is 0. The topological polar surface area (TPSA) is 13.1 Å². The quantitative estimate of drug-likeness (QED) is 0.294. The largest absolute Gasteiger partial charge is 0.455 e. The molecule has 0 aliphatic heterocycles. The molecule has 0 aliphatic rings. The van der Waals surface area contributed by atoms with Gasteiger partial charge in [-0.15, -0.1) is 22.7 Å². The van der Waals surface area contributed by atoms with Gasteiger partial charge in [-0.25, -0.2) is 0 Å². The molecular formula is C24H14OS2. The third-order valence-corrected chi connectivity index (χ3v) is 7.05. The summed E-state index contributed by atoms with van der Waals surface area (Å²) in [5.74, 6) is 0.947. The summed E-state index contributed by atoms with van der Waals surface area (Å²) >= 11 is 3.61. The molecule has 0 fully saturated rings. The molecule has 0 unspecified atom stereocenters. The van der Waals surface area contributed by atoms with E-state index in [0.29, 0.717) is 0 Å². The van der Waals surface area contributed by atoms with E-state index in [9.17, 15) is 0 Å². The van der Waals surface area contributed by atoms with Crippen molar-refractivity contribution in [3.63, 3.8) is 0 Å². The van der Waals surface area contributed by atoms with E-state index in [4.69, 9.17) is 4.42 Å². The van der Waals surface area contributed by atoms with E-state index >= 15 is 0 Å². The molecule has 27 heavy (non-hydrogen) atoms. The predicted octanol–water partition coefficient (Wildman–Crippen LogP) is 8.20. The molecule has 0 saturated carbocycles. The van der Waals surface area contributed by atoms with E-state index in [0.717, 1.165) is 16.9 Å². The average molecular weight is 383 g/mol. The Morgan fingerprint density at radius 2 is 1.19 bits per heavy atom. The van der Waals surface area contributed by atoms with Crippen molar-refractivity contribution in [2.75, 3.05) is 0 Å². The van der Waals surface area contributed by atoms with Gasteiger partial charge in [0.15, 0.2) is 0 Å². The van der Waals surface area contributed by atoms with Crippen molar-refractivity contribution >= 4 is 53.8 Å². The summed E-state index contributed by atoms with van der Waals surface area (Å²) in [5.41, 5.74) is 4.49. The van der Waals surface area contributed by atoms with Gasteiger partial charge in [0.2, 0.25) is 0 Å². The lowest BCUT2D eigenvalue weighted by Crippen LogP contribution is -1.81. The molecule has 6 rings (SSSR count). The molecule has 3 heteroatoms. The third kappa shape index (κ3) is 2.16. The van der Waals surface area contributed by atoms with Gasteiger partial charge in [-0.05, 0) is 28.5 Å². The van der Waals surface area contributed by atoms with Gasteiger partial charge in [-0.1, -0.05) is 60.7 Å². The lowest BCUT2D eigenvalue weighted by atomic mass is 9.96. The summed E-state index contributed by atoms with van der Waals surface area (Å²) < 4.78 is 9.27. The van der Waals surface area contributed by atoms with Gasteiger partial charge in [0.05, 0.1) is 9.40 Å². The second kappa shape index (κ2) is 5.81. The molecule has 6 aromatic rings. The molecule has 0 amide bonds. The van der Waals surface area contributed by atoms with Crippen molar-refractivity contribution < 1.29 is 4.42 Å². The third-order valence-electron chi connectivity index (χ3n) is 5.06. The minimum atomic E-state index is 0.947. The van der Waals surface area contributed by atoms with Crippen LogP contribution in [0.4, 0.5) is 0 Å². The van der Waals surface area contributed by atoms with Gasteiger partial charge in [0, 0.05) is 27.3 Å². The Kier molecular flexibility index (Phi) is 3.27. The van der Waals surface area contributed by atoms with Crippen LogP contribution >= 0.6 is 22.7 Å². The summed E-state index contributed by atoms with van der Waals surface area (Å²) in [5, 5.41) is 8.07. The number of hydrogen-bond acceptors (Lipinski definition) is 3. The molecule has 0 saturated heterocycles. The second-order valence-electron chi connectivity index (χ2n) is 6.57. The van der Waals surface area contributed by atoms with E-state index in [1.54, 1.807) is 11.3 Å². The number of fused-ring (bicyclic) bond motifs is 6. The average Bonchev–Trinajstić information content (AvgIpc) is 3.45. The molecule has 3 heterocycles. The first kappa shape index (κ1) is 15.2. The van der Waals surface area contributed by atoms with Crippen LogP contribution in [0.5, 0.6) is 0 Å². The molecule has 0 atom stereocenters. The summed E-state index contributed by atoms with van der Waals surface area (Å²) in [6.45, 7) is 0. The van der Waals surface area contributed by atoms with Crippen molar-refractivity contribution in [1.29, 1.82) is 0 Å². The van der Waals surface area contributed by atoms with Crippen LogP contribution in [0.15, 0.2) is 88.0 Å². The van der Waals surface area contributed by atoms with Gasteiger partial charge in [-0.2, -0.15) is 0 Å². The van der Waals surface area contributed by atoms with Crippen molar-refractivity contribution in [3.8, 4) is 22.5 Å². The van der Waals surface area contributed by atoms with E-state index in [2.05, 4.69) is 77.5 Å². The molecule has 0 bridgehead atoms. The predicted molar refractivity (Wildman–Crippen MR) is 118 cm³/mol. The van der Waals surface area contributed by atoms with Crippen molar-refractivity contribution in [2.45, 2.75) is 0 Å². The van der Waals surface area contributed by atoms with Gasteiger partial charge >= 0.3 is 0 Å². The fourth-order valence-electron chi connectivity index (χ4n) is 3.90. The molecule has 3 aromatic heterocycles. The molecule has 0 spiro atoms. The smallest absolute Gasteiger partial charge is 0.144 e. The van der Waals surface area contributed by atoms with Crippen LogP contribution in [-0.4, -0.2) is 0 Å². The SMILES string of the molecule is c1ccc(-c2oc3c4ccsc4c4sccc4c3c2-c2ccccc2)cc1. The van der Waals surface area contributed by atoms with Gasteiger partial charge in [0.1, 0.15) is 11.3 Å². The van der Waals surface area contributed by atoms with E-state index in [-0.39, 0.29) is 0 Å². The highest BCUT2D eigenvalue weighted by Crippen LogP contribution is 2.49. The first-order chi connectivity index (χ1) is 13.4. The highest BCUT2D eigenvalue weighted by atomic mass is 32.1. The molecule has 0 radical (unpaired) electrons. The van der Waals surface area contributed by atoms with Crippen LogP contribution in [0.1, 0.15) is 0 Å². The molecule has 0 N–H and O–H groups in total. The van der Waals surface area contributed by atoms with Crippen LogP contribution in [0.2, 0.25) is 0 Å². The molecule has 128 valence electrons. The molecule has 3 aromatic carbocycles. The van der Waals surface area contributed by atoms with Gasteiger partial charge < -0.3 is 4.42 Å². The Labute approximate surface area is 164 Å². The molecule has 0 aliphatic carbocycles. The van der Waals surface area contributed by atoms with Crippen molar-refractivity contribution in [2.24, 2.45) is 0 Å². The van der Waals surface area contributed by atoms with Crippen molar-refractivity contribution in [1.82, 2.24) is 0 Å². The standard InChI is InChI=1S/C24H14OS2/c1-3-7-15(8-4-1)19-20-17-11-13-26-23(17)24-18(12-14-27-24)22(20)25-21(19)16-9-5-2-6-10-16/h1-14H. The maximum absolute atomic E-state index is 6.60. The number of thiophene rings is 2. The van der Waals surface area contributed by atoms with Gasteiger partial charge in [-0.3, -0.25) is 0 Å². The number of furan rings is 1. The van der Waals surface area contributed by atoms with Crippen LogP contribution in [0.3, 0.4) is 0 Å². The van der Waals surface area contributed by atoms with Crippen molar-refractivity contribution in [3.05, 3.63) is 83.6 Å². The van der Waals surface area contributed by atoms with Crippen LogP contribution in [0, 0.1) is 0 Å². The van der Waals surface area contributed by atoms with Crippen LogP contribution < -0.4 is 0 Å². The van der Waals surface area contributed by atoms with E-state index in [1.165, 1.54) is 36.7 Å². The first-order valence-electron chi connectivity index (χ1n) is 8.85. The summed E-state index contributed by atoms with van der Waals surface area (Å²) in [7, 11) is 0. The van der Waals surface area contributed by atoms with Crippen LogP contribution in [0.25, 0.3) is 53.6 Å². The first-order valence-corrected chi connectivity index (χ1v) is 10.6. The second-order valence-corrected chi connectivity index (χ2v) is 8.40. The lowest BCUT2D eigenvalue weighted by Gasteiger charge is -2.04. The van der Waals surface area contributed by atoms with Crippen LogP contribution in [-0.2, 0) is 0 Å². The fraction of sp³-hybridized carbons (Fsp3) is 0. The fourth-order valence-corrected chi connectivity index (χ4v) is 5.88. The highest BCUT2D eigenvalue weighted by molar-refractivity contribution is 7.25. The minimum absolute atomic E-state index is 0.947. The molecule has 1 nitrogen and oxygen atoms in total. The zero-order valence-corrected chi connectivity index (χ0v) is 15.9. The number of hydrogen-bond donors (Lipinski definition) is 0. The maximum atomic E-state index is 6.60. The zero-order chi connectivity index (χ0) is 17.8. The summed E-state index contributed by atoms with van der Waals surface area (Å²) in [6, 6.07) is 25.4. The Hall–Kier alpha value is -2.88. The minimum Gasteiger partial charge on any atom is -0.455 e. The zero-order valence-electron chi connectivity index (χ0n) is 14.3. The Balaban J connectivity index is 1.88. The maximum Gasteiger partial charge on any atom is 0.144 e. The molecular weight excluding hydrogens is 368 g/mol. The Bertz CT molecular complexity index is 1400. The normalized spacial score (nSPS) is 11.7. The van der Waals surface area contributed by atoms with E-state index in [1.807, 2.05) is 17.4 Å². The highest BCUT2D eigenvalue weighted by Gasteiger charge is 2.23. The Morgan fingerprint density at radius 3 is 1.89 bits per heavy atom. The number of rotatable bonds is 2. The number of benzene rings is 3.